The fourth-order valence-corrected chi connectivity index (χ4v) is 2.89. The van der Waals surface area contributed by atoms with Gasteiger partial charge in [0.1, 0.15) is 0 Å². The van der Waals surface area contributed by atoms with Crippen molar-refractivity contribution < 1.29 is 19.5 Å². The van der Waals surface area contributed by atoms with Crippen LogP contribution in [0.3, 0.4) is 0 Å². The molecule has 0 aliphatic rings. The largest absolute Gasteiger partial charge is 0.481 e. The third-order valence-electron chi connectivity index (χ3n) is 4.59. The highest BCUT2D eigenvalue weighted by Crippen LogP contribution is 2.10. The molecule has 6 heteroatoms. The predicted octanol–water partition coefficient (Wildman–Crippen LogP) is 5.07. The Morgan fingerprint density at radius 1 is 0.536 bits per heavy atom. The molecule has 2 amide bonds. The fourth-order valence-electron chi connectivity index (χ4n) is 2.89. The summed E-state index contributed by atoms with van der Waals surface area (Å²) in [6.07, 6.45) is 18.5. The van der Waals surface area contributed by atoms with E-state index < -0.39 is 5.97 Å². The number of amides is 2. The molecular formula is C22H44N2O4. The van der Waals surface area contributed by atoms with Crippen LogP contribution in [0.5, 0.6) is 0 Å². The zero-order chi connectivity index (χ0) is 21.5. The van der Waals surface area contributed by atoms with Crippen molar-refractivity contribution in [3.63, 3.8) is 0 Å². The average Bonchev–Trinajstić information content (AvgIpc) is 2.62. The SMILES string of the molecule is CCCCCCCCCCCC(=O)O.NC(=O)CCCCCCCCC(N)=O. The highest BCUT2D eigenvalue weighted by molar-refractivity contribution is 5.73. The van der Waals surface area contributed by atoms with Gasteiger partial charge in [0.15, 0.2) is 0 Å². The number of nitrogens with two attached hydrogens (primary N) is 2. The van der Waals surface area contributed by atoms with Crippen molar-refractivity contribution in [3.8, 4) is 0 Å². The summed E-state index contributed by atoms with van der Waals surface area (Å²) in [5.74, 6) is -1.11. The van der Waals surface area contributed by atoms with Crippen molar-refractivity contribution in [2.75, 3.05) is 0 Å². The highest BCUT2D eigenvalue weighted by atomic mass is 16.4. The molecule has 0 aliphatic carbocycles. The molecule has 6 nitrogen and oxygen atoms in total. The van der Waals surface area contributed by atoms with Crippen LogP contribution in [-0.4, -0.2) is 22.9 Å². The van der Waals surface area contributed by atoms with Crippen LogP contribution in [0.15, 0.2) is 0 Å². The first kappa shape index (κ1) is 28.6. The molecule has 0 heterocycles. The Hall–Kier alpha value is -1.59. The molecule has 0 saturated carbocycles. The van der Waals surface area contributed by atoms with Gasteiger partial charge in [-0.3, -0.25) is 14.4 Å². The summed E-state index contributed by atoms with van der Waals surface area (Å²) in [7, 11) is 0. The summed E-state index contributed by atoms with van der Waals surface area (Å²) < 4.78 is 0. The molecule has 0 aromatic heterocycles. The Morgan fingerprint density at radius 3 is 1.11 bits per heavy atom. The molecule has 5 N–H and O–H groups in total. The smallest absolute Gasteiger partial charge is 0.303 e. The fraction of sp³-hybridized carbons (Fsp3) is 0.864. The van der Waals surface area contributed by atoms with Gasteiger partial charge in [-0.15, -0.1) is 0 Å². The first-order valence-corrected chi connectivity index (χ1v) is 11.2. The molecule has 0 saturated heterocycles. The molecule has 28 heavy (non-hydrogen) atoms. The van der Waals surface area contributed by atoms with Crippen LogP contribution < -0.4 is 11.5 Å². The van der Waals surface area contributed by atoms with Gasteiger partial charge in [0.05, 0.1) is 0 Å². The molecule has 0 spiro atoms. The van der Waals surface area contributed by atoms with Crippen LogP contribution in [0.4, 0.5) is 0 Å². The standard InChI is InChI=1S/C12H24O2.C10H20N2O2/c1-2-3-4-5-6-7-8-9-10-11-12(13)14;11-9(13)7-5-3-1-2-4-6-8-10(12)14/h2-11H2,1H3,(H,13,14);1-8H2,(H2,11,13)(H2,12,14). The van der Waals surface area contributed by atoms with Crippen molar-refractivity contribution in [3.05, 3.63) is 0 Å². The lowest BCUT2D eigenvalue weighted by Crippen LogP contribution is -2.09. The Kier molecular flexibility index (Phi) is 24.0. The van der Waals surface area contributed by atoms with Gasteiger partial charge in [-0.2, -0.15) is 0 Å². The monoisotopic (exact) mass is 400 g/mol. The number of carbonyl (C=O) groups excluding carboxylic acids is 2. The molecule has 0 aromatic rings. The van der Waals surface area contributed by atoms with E-state index in [1.807, 2.05) is 0 Å². The summed E-state index contributed by atoms with van der Waals surface area (Å²) in [5, 5.41) is 8.41. The van der Waals surface area contributed by atoms with Gasteiger partial charge in [-0.05, 0) is 19.3 Å². The summed E-state index contributed by atoms with van der Waals surface area (Å²) in [6.45, 7) is 2.23. The number of carboxylic acids is 1. The van der Waals surface area contributed by atoms with E-state index in [-0.39, 0.29) is 11.8 Å². The van der Waals surface area contributed by atoms with Gasteiger partial charge >= 0.3 is 5.97 Å². The number of unbranched alkanes of at least 4 members (excludes halogenated alkanes) is 13. The summed E-state index contributed by atoms with van der Waals surface area (Å²) in [4.78, 5) is 31.0. The molecule has 0 radical (unpaired) electrons. The Labute approximate surface area is 171 Å². The zero-order valence-corrected chi connectivity index (χ0v) is 18.1. The number of carboxylic acid groups (broad SMARTS) is 1. The Bertz CT molecular complexity index is 367. The van der Waals surface area contributed by atoms with E-state index in [2.05, 4.69) is 6.92 Å². The molecular weight excluding hydrogens is 356 g/mol. The lowest BCUT2D eigenvalue weighted by Gasteiger charge is -2.00. The van der Waals surface area contributed by atoms with Crippen molar-refractivity contribution in [1.82, 2.24) is 0 Å². The Balaban J connectivity index is 0. The summed E-state index contributed by atoms with van der Waals surface area (Å²) in [5.41, 5.74) is 10.00. The number of aliphatic carboxylic acids is 1. The third kappa shape index (κ3) is 32.1. The van der Waals surface area contributed by atoms with Crippen LogP contribution in [0, 0.1) is 0 Å². The van der Waals surface area contributed by atoms with Gasteiger partial charge in [0.25, 0.3) is 0 Å². The van der Waals surface area contributed by atoms with Gasteiger partial charge in [0, 0.05) is 19.3 Å². The van der Waals surface area contributed by atoms with Crippen LogP contribution in [0.25, 0.3) is 0 Å². The summed E-state index contributed by atoms with van der Waals surface area (Å²) >= 11 is 0. The molecule has 0 unspecified atom stereocenters. The van der Waals surface area contributed by atoms with E-state index in [0.717, 1.165) is 51.4 Å². The zero-order valence-electron chi connectivity index (χ0n) is 18.1. The number of hydrogen-bond donors (Lipinski definition) is 3. The number of primary amides is 2. The lowest BCUT2D eigenvalue weighted by molar-refractivity contribution is -0.137. The van der Waals surface area contributed by atoms with Crippen molar-refractivity contribution in [1.29, 1.82) is 0 Å². The Morgan fingerprint density at radius 2 is 0.821 bits per heavy atom. The van der Waals surface area contributed by atoms with E-state index in [0.29, 0.717) is 19.3 Å². The van der Waals surface area contributed by atoms with Crippen LogP contribution >= 0.6 is 0 Å². The van der Waals surface area contributed by atoms with Crippen molar-refractivity contribution >= 4 is 17.8 Å². The maximum absolute atomic E-state index is 10.4. The highest BCUT2D eigenvalue weighted by Gasteiger charge is 1.97. The van der Waals surface area contributed by atoms with E-state index in [4.69, 9.17) is 16.6 Å². The van der Waals surface area contributed by atoms with Gasteiger partial charge in [0.2, 0.25) is 11.8 Å². The van der Waals surface area contributed by atoms with Crippen LogP contribution in [0.2, 0.25) is 0 Å². The van der Waals surface area contributed by atoms with E-state index >= 15 is 0 Å². The topological polar surface area (TPSA) is 123 Å². The van der Waals surface area contributed by atoms with E-state index in [1.54, 1.807) is 0 Å². The van der Waals surface area contributed by atoms with Crippen LogP contribution in [-0.2, 0) is 14.4 Å². The molecule has 0 aliphatic heterocycles. The average molecular weight is 401 g/mol. The molecule has 166 valence electrons. The number of rotatable bonds is 19. The van der Waals surface area contributed by atoms with E-state index in [9.17, 15) is 14.4 Å². The minimum Gasteiger partial charge on any atom is -0.481 e. The second-order valence-corrected chi connectivity index (χ2v) is 7.53. The number of carbonyl (C=O) groups is 3. The van der Waals surface area contributed by atoms with Gasteiger partial charge in [-0.25, -0.2) is 0 Å². The summed E-state index contributed by atoms with van der Waals surface area (Å²) in [6, 6.07) is 0. The normalized spacial score (nSPS) is 10.2. The minimum atomic E-state index is -0.659. The second kappa shape index (κ2) is 23.4. The first-order chi connectivity index (χ1) is 13.4. The molecule has 0 fully saturated rings. The van der Waals surface area contributed by atoms with Gasteiger partial charge < -0.3 is 16.6 Å². The maximum Gasteiger partial charge on any atom is 0.303 e. The molecule has 0 bridgehead atoms. The number of hydrogen-bond acceptors (Lipinski definition) is 3. The quantitative estimate of drug-likeness (QED) is 0.262. The molecule has 0 rings (SSSR count). The van der Waals surface area contributed by atoms with Crippen molar-refractivity contribution in [2.45, 2.75) is 122 Å². The second-order valence-electron chi connectivity index (χ2n) is 7.53. The van der Waals surface area contributed by atoms with Gasteiger partial charge in [-0.1, -0.05) is 84.0 Å². The minimum absolute atomic E-state index is 0.223. The predicted molar refractivity (Wildman–Crippen MR) is 115 cm³/mol. The molecule has 0 atom stereocenters. The third-order valence-corrected chi connectivity index (χ3v) is 4.59. The van der Waals surface area contributed by atoms with Crippen molar-refractivity contribution in [2.24, 2.45) is 11.5 Å². The lowest BCUT2D eigenvalue weighted by atomic mass is 10.1. The van der Waals surface area contributed by atoms with E-state index in [1.165, 1.54) is 44.9 Å². The first-order valence-electron chi connectivity index (χ1n) is 11.2. The maximum atomic E-state index is 10.4. The van der Waals surface area contributed by atoms with Crippen LogP contribution in [0.1, 0.15) is 122 Å². The molecule has 0 aromatic carbocycles.